The third kappa shape index (κ3) is 2.37. The van der Waals surface area contributed by atoms with Crippen molar-refractivity contribution in [2.75, 3.05) is 6.54 Å². The number of hydrogen-bond acceptors (Lipinski definition) is 3. The first-order valence-corrected chi connectivity index (χ1v) is 6.02. The lowest BCUT2D eigenvalue weighted by molar-refractivity contribution is -0.148. The van der Waals surface area contributed by atoms with Crippen molar-refractivity contribution in [1.29, 1.82) is 0 Å². The molecule has 1 amide bonds. The van der Waals surface area contributed by atoms with Crippen molar-refractivity contribution in [3.63, 3.8) is 0 Å². The summed E-state index contributed by atoms with van der Waals surface area (Å²) >= 11 is 0. The second-order valence-electron chi connectivity index (χ2n) is 4.67. The lowest BCUT2D eigenvalue weighted by Gasteiger charge is -2.21. The Kier molecular flexibility index (Phi) is 3.36. The molecule has 1 N–H and O–H groups in total. The fraction of sp³-hybridized carbons (Fsp3) is 0.583. The van der Waals surface area contributed by atoms with Gasteiger partial charge < -0.3 is 10.0 Å². The van der Waals surface area contributed by atoms with Crippen LogP contribution in [0.25, 0.3) is 0 Å². The molecule has 2 rings (SSSR count). The van der Waals surface area contributed by atoms with Gasteiger partial charge in [0.25, 0.3) is 0 Å². The predicted molar refractivity (Wildman–Crippen MR) is 64.1 cm³/mol. The van der Waals surface area contributed by atoms with Crippen LogP contribution in [-0.4, -0.2) is 44.3 Å². The molecule has 1 aliphatic rings. The molecule has 1 atom stereocenters. The predicted octanol–water partition coefficient (Wildman–Crippen LogP) is 0.576. The Morgan fingerprint density at radius 3 is 2.78 bits per heavy atom. The maximum Gasteiger partial charge on any atom is 0.326 e. The number of carbonyl (C=O) groups excluding carboxylic acids is 1. The third-order valence-electron chi connectivity index (χ3n) is 3.25. The van der Waals surface area contributed by atoms with Gasteiger partial charge in [-0.3, -0.25) is 9.48 Å². The SMILES string of the molecule is Cc1cc(C)n(CC(=O)N2CCC[C@H]2C(=O)O)n1. The lowest BCUT2D eigenvalue weighted by Crippen LogP contribution is -2.42. The van der Waals surface area contributed by atoms with Gasteiger partial charge in [0.05, 0.1) is 5.69 Å². The summed E-state index contributed by atoms with van der Waals surface area (Å²) < 4.78 is 1.62. The summed E-state index contributed by atoms with van der Waals surface area (Å²) in [5.41, 5.74) is 1.77. The number of nitrogens with zero attached hydrogens (tertiary/aromatic N) is 3. The lowest BCUT2D eigenvalue weighted by atomic mass is 10.2. The van der Waals surface area contributed by atoms with E-state index in [1.54, 1.807) is 4.68 Å². The van der Waals surface area contributed by atoms with Gasteiger partial charge in [0.1, 0.15) is 12.6 Å². The highest BCUT2D eigenvalue weighted by molar-refractivity contribution is 5.84. The van der Waals surface area contributed by atoms with Crippen LogP contribution in [0.5, 0.6) is 0 Å². The Hall–Kier alpha value is -1.85. The first-order valence-electron chi connectivity index (χ1n) is 6.02. The second-order valence-corrected chi connectivity index (χ2v) is 4.67. The number of carboxylic acid groups (broad SMARTS) is 1. The molecule has 1 aliphatic heterocycles. The average molecular weight is 251 g/mol. The summed E-state index contributed by atoms with van der Waals surface area (Å²) in [6.07, 6.45) is 1.29. The van der Waals surface area contributed by atoms with Crippen LogP contribution in [0.1, 0.15) is 24.2 Å². The van der Waals surface area contributed by atoms with Gasteiger partial charge in [0.2, 0.25) is 5.91 Å². The molecule has 0 unspecified atom stereocenters. The van der Waals surface area contributed by atoms with Crippen molar-refractivity contribution in [3.8, 4) is 0 Å². The molecule has 6 heteroatoms. The van der Waals surface area contributed by atoms with E-state index in [0.29, 0.717) is 13.0 Å². The van der Waals surface area contributed by atoms with Crippen LogP contribution in [0.2, 0.25) is 0 Å². The van der Waals surface area contributed by atoms with Crippen LogP contribution in [-0.2, 0) is 16.1 Å². The smallest absolute Gasteiger partial charge is 0.326 e. The largest absolute Gasteiger partial charge is 0.480 e. The quantitative estimate of drug-likeness (QED) is 0.852. The summed E-state index contributed by atoms with van der Waals surface area (Å²) in [6.45, 7) is 4.38. The standard InChI is InChI=1S/C12H17N3O3/c1-8-6-9(2)15(13-8)7-11(16)14-5-3-4-10(14)12(17)18/h6,10H,3-5,7H2,1-2H3,(H,17,18)/t10-/m0/s1. The number of carboxylic acids is 1. The molecule has 2 heterocycles. The third-order valence-corrected chi connectivity index (χ3v) is 3.25. The van der Waals surface area contributed by atoms with Crippen molar-refractivity contribution >= 4 is 11.9 Å². The van der Waals surface area contributed by atoms with E-state index in [1.165, 1.54) is 4.90 Å². The van der Waals surface area contributed by atoms with Crippen LogP contribution in [0.15, 0.2) is 6.07 Å². The Balaban J connectivity index is 2.08. The zero-order valence-electron chi connectivity index (χ0n) is 10.6. The minimum absolute atomic E-state index is 0.115. The van der Waals surface area contributed by atoms with E-state index in [4.69, 9.17) is 5.11 Å². The Labute approximate surface area is 105 Å². The van der Waals surface area contributed by atoms with E-state index in [9.17, 15) is 9.59 Å². The zero-order valence-corrected chi connectivity index (χ0v) is 10.6. The summed E-state index contributed by atoms with van der Waals surface area (Å²) in [6, 6.07) is 1.22. The minimum atomic E-state index is -0.922. The molecule has 0 radical (unpaired) electrons. The minimum Gasteiger partial charge on any atom is -0.480 e. The molecule has 98 valence electrons. The van der Waals surface area contributed by atoms with Crippen LogP contribution < -0.4 is 0 Å². The molecule has 0 spiro atoms. The van der Waals surface area contributed by atoms with E-state index in [0.717, 1.165) is 17.8 Å². The Morgan fingerprint density at radius 2 is 2.22 bits per heavy atom. The molecule has 1 aromatic rings. The number of aliphatic carboxylic acids is 1. The molecule has 0 aromatic carbocycles. The molecule has 1 aromatic heterocycles. The molecule has 18 heavy (non-hydrogen) atoms. The zero-order chi connectivity index (χ0) is 13.3. The Bertz CT molecular complexity index is 481. The van der Waals surface area contributed by atoms with E-state index < -0.39 is 12.0 Å². The van der Waals surface area contributed by atoms with Crippen LogP contribution >= 0.6 is 0 Å². The van der Waals surface area contributed by atoms with Gasteiger partial charge in [-0.05, 0) is 32.8 Å². The van der Waals surface area contributed by atoms with Crippen LogP contribution in [0, 0.1) is 13.8 Å². The fourth-order valence-electron chi connectivity index (χ4n) is 2.38. The molecule has 1 saturated heterocycles. The van der Waals surface area contributed by atoms with Crippen molar-refractivity contribution < 1.29 is 14.7 Å². The highest BCUT2D eigenvalue weighted by Crippen LogP contribution is 2.18. The van der Waals surface area contributed by atoms with Crippen LogP contribution in [0.4, 0.5) is 0 Å². The monoisotopic (exact) mass is 251 g/mol. The van der Waals surface area contributed by atoms with Crippen molar-refractivity contribution in [3.05, 3.63) is 17.5 Å². The van der Waals surface area contributed by atoms with Gasteiger partial charge in [-0.1, -0.05) is 0 Å². The Morgan fingerprint density at radius 1 is 1.50 bits per heavy atom. The molecular formula is C12H17N3O3. The van der Waals surface area contributed by atoms with Crippen molar-refractivity contribution in [1.82, 2.24) is 14.7 Å². The maximum atomic E-state index is 12.1. The van der Waals surface area contributed by atoms with Crippen LogP contribution in [0.3, 0.4) is 0 Å². The maximum absolute atomic E-state index is 12.1. The number of amides is 1. The van der Waals surface area contributed by atoms with Gasteiger partial charge in [-0.25, -0.2) is 4.79 Å². The molecule has 0 bridgehead atoms. The number of hydrogen-bond donors (Lipinski definition) is 1. The van der Waals surface area contributed by atoms with Gasteiger partial charge in [0, 0.05) is 12.2 Å². The summed E-state index contributed by atoms with van der Waals surface area (Å²) in [5.74, 6) is -1.10. The molecule has 0 saturated carbocycles. The topological polar surface area (TPSA) is 75.4 Å². The van der Waals surface area contributed by atoms with Gasteiger partial charge >= 0.3 is 5.97 Å². The highest BCUT2D eigenvalue weighted by Gasteiger charge is 2.33. The van der Waals surface area contributed by atoms with Crippen molar-refractivity contribution in [2.45, 2.75) is 39.3 Å². The first kappa shape index (κ1) is 12.6. The average Bonchev–Trinajstić information content (AvgIpc) is 2.86. The van der Waals surface area contributed by atoms with E-state index in [1.807, 2.05) is 19.9 Å². The molecule has 0 aliphatic carbocycles. The van der Waals surface area contributed by atoms with E-state index in [2.05, 4.69) is 5.10 Å². The number of aromatic nitrogens is 2. The molecule has 1 fully saturated rings. The number of aryl methyl sites for hydroxylation is 2. The van der Waals surface area contributed by atoms with E-state index >= 15 is 0 Å². The van der Waals surface area contributed by atoms with Gasteiger partial charge in [-0.2, -0.15) is 5.10 Å². The number of rotatable bonds is 3. The van der Waals surface area contributed by atoms with Gasteiger partial charge in [-0.15, -0.1) is 0 Å². The number of likely N-dealkylation sites (tertiary alicyclic amines) is 1. The second kappa shape index (κ2) is 4.80. The highest BCUT2D eigenvalue weighted by atomic mass is 16.4. The number of carbonyl (C=O) groups is 2. The molecular weight excluding hydrogens is 234 g/mol. The summed E-state index contributed by atoms with van der Waals surface area (Å²) in [5, 5.41) is 13.3. The summed E-state index contributed by atoms with van der Waals surface area (Å²) in [7, 11) is 0. The fourth-order valence-corrected chi connectivity index (χ4v) is 2.38. The summed E-state index contributed by atoms with van der Waals surface area (Å²) in [4.78, 5) is 24.6. The van der Waals surface area contributed by atoms with E-state index in [-0.39, 0.29) is 12.5 Å². The van der Waals surface area contributed by atoms with Crippen molar-refractivity contribution in [2.24, 2.45) is 0 Å². The van der Waals surface area contributed by atoms with Gasteiger partial charge in [0.15, 0.2) is 0 Å². The molecule has 6 nitrogen and oxygen atoms in total. The first-order chi connectivity index (χ1) is 8.49. The normalized spacial score (nSPS) is 19.2.